The maximum atomic E-state index is 11.4. The van der Waals surface area contributed by atoms with E-state index in [4.69, 9.17) is 4.74 Å². The Hall–Kier alpha value is -4.20. The molecular weight excluding hydrogens is 360 g/mol. The first-order valence-electron chi connectivity index (χ1n) is 8.24. The number of ether oxygens (including phenoxy) is 1. The minimum Gasteiger partial charge on any atom is -0.431 e. The van der Waals surface area contributed by atoms with Crippen LogP contribution in [0.4, 0.5) is 5.69 Å². The van der Waals surface area contributed by atoms with Crippen molar-refractivity contribution >= 4 is 22.9 Å². The van der Waals surface area contributed by atoms with Crippen LogP contribution in [0.3, 0.4) is 0 Å². The highest BCUT2D eigenvalue weighted by Gasteiger charge is 2.19. The minimum absolute atomic E-state index is 0.0702. The molecule has 8 nitrogen and oxygen atoms in total. The molecule has 4 rings (SSSR count). The summed E-state index contributed by atoms with van der Waals surface area (Å²) in [5, 5.41) is 12.0. The number of carbonyl (C=O) groups is 1. The number of nitrogens with zero attached hydrogens (tertiary/aromatic N) is 4. The molecule has 136 valence electrons. The van der Waals surface area contributed by atoms with Gasteiger partial charge < -0.3 is 4.74 Å². The molecule has 0 saturated heterocycles. The lowest BCUT2D eigenvalue weighted by molar-refractivity contribution is -0.385. The number of nitro groups is 1. The second kappa shape index (κ2) is 7.20. The number of nitro benzene ring substituents is 1. The lowest BCUT2D eigenvalue weighted by Gasteiger charge is -2.10. The van der Waals surface area contributed by atoms with Crippen LogP contribution in [0.5, 0.6) is 11.6 Å². The summed E-state index contributed by atoms with van der Waals surface area (Å²) in [6.07, 6.45) is 3.83. The molecule has 0 fully saturated rings. The van der Waals surface area contributed by atoms with E-state index in [0.29, 0.717) is 23.0 Å². The fraction of sp³-hybridized carbons (Fsp3) is 0. The maximum absolute atomic E-state index is 11.4. The first-order valence-corrected chi connectivity index (χ1v) is 8.24. The Morgan fingerprint density at radius 2 is 1.79 bits per heavy atom. The summed E-state index contributed by atoms with van der Waals surface area (Å²) in [5.41, 5.74) is 1.34. The molecule has 0 amide bonds. The normalized spacial score (nSPS) is 10.6. The van der Waals surface area contributed by atoms with Crippen LogP contribution < -0.4 is 4.74 Å². The van der Waals surface area contributed by atoms with Crippen LogP contribution >= 0.6 is 0 Å². The number of hydrogen-bond donors (Lipinski definition) is 0. The molecule has 0 radical (unpaired) electrons. The topological polar surface area (TPSA) is 108 Å². The zero-order valence-electron chi connectivity index (χ0n) is 14.4. The summed E-state index contributed by atoms with van der Waals surface area (Å²) >= 11 is 0. The average molecular weight is 372 g/mol. The van der Waals surface area contributed by atoms with Gasteiger partial charge in [0.15, 0.2) is 5.82 Å². The molecule has 28 heavy (non-hydrogen) atoms. The second-order valence-corrected chi connectivity index (χ2v) is 5.81. The molecule has 0 spiro atoms. The number of aromatic nitrogens is 3. The number of hydrogen-bond acceptors (Lipinski definition) is 7. The zero-order valence-corrected chi connectivity index (χ0v) is 14.4. The van der Waals surface area contributed by atoms with Gasteiger partial charge in [0.2, 0.25) is 11.6 Å². The van der Waals surface area contributed by atoms with Gasteiger partial charge >= 0.3 is 5.69 Å². The molecular formula is C20H12N4O4. The molecule has 2 aromatic heterocycles. The van der Waals surface area contributed by atoms with E-state index in [1.807, 2.05) is 6.07 Å². The van der Waals surface area contributed by atoms with E-state index in [-0.39, 0.29) is 22.9 Å². The summed E-state index contributed by atoms with van der Waals surface area (Å²) in [5.74, 6) is 0.480. The highest BCUT2D eigenvalue weighted by molar-refractivity contribution is 5.85. The van der Waals surface area contributed by atoms with Crippen molar-refractivity contribution < 1.29 is 14.5 Å². The van der Waals surface area contributed by atoms with Gasteiger partial charge in [0.25, 0.3) is 0 Å². The van der Waals surface area contributed by atoms with Crippen LogP contribution in [-0.4, -0.2) is 26.2 Å². The van der Waals surface area contributed by atoms with Gasteiger partial charge in [-0.2, -0.15) is 4.98 Å². The number of benzene rings is 2. The molecule has 0 N–H and O–H groups in total. The van der Waals surface area contributed by atoms with Crippen molar-refractivity contribution in [3.05, 3.63) is 82.7 Å². The van der Waals surface area contributed by atoms with Gasteiger partial charge in [-0.3, -0.25) is 19.9 Å². The molecule has 0 saturated carbocycles. The number of para-hydroxylation sites is 1. The van der Waals surface area contributed by atoms with Crippen LogP contribution in [0.15, 0.2) is 67.0 Å². The molecule has 4 aromatic rings. The van der Waals surface area contributed by atoms with Gasteiger partial charge in [0.1, 0.15) is 6.29 Å². The molecule has 0 unspecified atom stereocenters. The predicted octanol–water partition coefficient (Wildman–Crippen LogP) is 4.20. The number of pyridine rings is 1. The van der Waals surface area contributed by atoms with Gasteiger partial charge in [-0.25, -0.2) is 4.98 Å². The van der Waals surface area contributed by atoms with E-state index in [1.165, 1.54) is 18.2 Å². The van der Waals surface area contributed by atoms with Gasteiger partial charge in [0, 0.05) is 29.6 Å². The lowest BCUT2D eigenvalue weighted by atomic mass is 10.2. The molecule has 8 heteroatoms. The van der Waals surface area contributed by atoms with Crippen LogP contribution in [0.2, 0.25) is 0 Å². The fourth-order valence-corrected chi connectivity index (χ4v) is 2.70. The lowest BCUT2D eigenvalue weighted by Crippen LogP contribution is -1.99. The van der Waals surface area contributed by atoms with Crippen LogP contribution in [0.25, 0.3) is 22.3 Å². The number of aldehydes is 1. The van der Waals surface area contributed by atoms with E-state index in [2.05, 4.69) is 15.0 Å². The third-order valence-corrected chi connectivity index (χ3v) is 4.03. The van der Waals surface area contributed by atoms with Crippen LogP contribution in [-0.2, 0) is 0 Å². The molecule has 0 atom stereocenters. The summed E-state index contributed by atoms with van der Waals surface area (Å²) in [6, 6.07) is 14.6. The second-order valence-electron chi connectivity index (χ2n) is 5.81. The Morgan fingerprint density at radius 1 is 1.00 bits per heavy atom. The SMILES string of the molecule is O=Cc1ccc([N+](=O)[O-])c(Oc2nc(-c3ccncc3)nc3ccccc23)c1. The maximum Gasteiger partial charge on any atom is 0.311 e. The van der Waals surface area contributed by atoms with Crippen molar-refractivity contribution in [1.29, 1.82) is 0 Å². The van der Waals surface area contributed by atoms with E-state index in [9.17, 15) is 14.9 Å². The summed E-state index contributed by atoms with van der Waals surface area (Å²) in [4.78, 5) is 34.8. The Labute approximate surface area is 158 Å². The summed E-state index contributed by atoms with van der Waals surface area (Å²) in [7, 11) is 0. The smallest absolute Gasteiger partial charge is 0.311 e. The fourth-order valence-electron chi connectivity index (χ4n) is 2.70. The Bertz CT molecular complexity index is 1200. The van der Waals surface area contributed by atoms with Crippen molar-refractivity contribution in [3.8, 4) is 23.0 Å². The minimum atomic E-state index is -0.572. The van der Waals surface area contributed by atoms with Gasteiger partial charge in [-0.15, -0.1) is 0 Å². The molecule has 0 aliphatic heterocycles. The van der Waals surface area contributed by atoms with E-state index in [0.717, 1.165) is 5.56 Å². The number of rotatable bonds is 5. The van der Waals surface area contributed by atoms with Crippen molar-refractivity contribution in [2.75, 3.05) is 0 Å². The average Bonchev–Trinajstić information content (AvgIpc) is 2.74. The van der Waals surface area contributed by atoms with Crippen LogP contribution in [0.1, 0.15) is 10.4 Å². The highest BCUT2D eigenvalue weighted by Crippen LogP contribution is 2.35. The van der Waals surface area contributed by atoms with E-state index in [1.54, 1.807) is 42.7 Å². The molecule has 0 aliphatic rings. The monoisotopic (exact) mass is 372 g/mol. The van der Waals surface area contributed by atoms with Gasteiger partial charge in [0.05, 0.1) is 15.8 Å². The van der Waals surface area contributed by atoms with Gasteiger partial charge in [-0.05, 0) is 36.4 Å². The van der Waals surface area contributed by atoms with Crippen molar-refractivity contribution in [1.82, 2.24) is 15.0 Å². The first-order chi connectivity index (χ1) is 13.7. The quantitative estimate of drug-likeness (QED) is 0.293. The highest BCUT2D eigenvalue weighted by atomic mass is 16.6. The third kappa shape index (κ3) is 3.26. The van der Waals surface area contributed by atoms with Crippen molar-refractivity contribution in [3.63, 3.8) is 0 Å². The molecule has 0 bridgehead atoms. The Balaban J connectivity index is 1.89. The molecule has 2 heterocycles. The number of carbonyl (C=O) groups excluding carboxylic acids is 1. The molecule has 2 aromatic carbocycles. The summed E-state index contributed by atoms with van der Waals surface area (Å²) in [6.45, 7) is 0. The Kier molecular flexibility index (Phi) is 4.43. The Morgan fingerprint density at radius 3 is 2.54 bits per heavy atom. The third-order valence-electron chi connectivity index (χ3n) is 4.03. The summed E-state index contributed by atoms with van der Waals surface area (Å²) < 4.78 is 5.82. The first kappa shape index (κ1) is 17.2. The van der Waals surface area contributed by atoms with Crippen molar-refractivity contribution in [2.45, 2.75) is 0 Å². The molecule has 0 aliphatic carbocycles. The van der Waals surface area contributed by atoms with E-state index < -0.39 is 4.92 Å². The van der Waals surface area contributed by atoms with Crippen molar-refractivity contribution in [2.24, 2.45) is 0 Å². The largest absolute Gasteiger partial charge is 0.431 e. The van der Waals surface area contributed by atoms with Gasteiger partial charge in [-0.1, -0.05) is 12.1 Å². The van der Waals surface area contributed by atoms with Crippen LogP contribution in [0, 0.1) is 10.1 Å². The zero-order chi connectivity index (χ0) is 19.5. The standard InChI is InChI=1S/C20H12N4O4/c25-12-13-5-6-17(24(26)27)18(11-13)28-20-15-3-1-2-4-16(15)22-19(23-20)14-7-9-21-10-8-14/h1-12H. The number of fused-ring (bicyclic) bond motifs is 1. The predicted molar refractivity (Wildman–Crippen MR) is 101 cm³/mol. The van der Waals surface area contributed by atoms with E-state index >= 15 is 0 Å².